The van der Waals surface area contributed by atoms with E-state index in [0.717, 1.165) is 12.3 Å². The highest BCUT2D eigenvalue weighted by molar-refractivity contribution is 5.88. The van der Waals surface area contributed by atoms with E-state index in [9.17, 15) is 40.5 Å². The number of aliphatic hydroxyl groups is 4. The summed E-state index contributed by atoms with van der Waals surface area (Å²) in [6.07, 6.45) is -6.45. The maximum atomic E-state index is 12.9. The number of phenols is 3. The zero-order chi connectivity index (χ0) is 23.2. The molecule has 1 aromatic heterocycles. The quantitative estimate of drug-likeness (QED) is 0.261. The van der Waals surface area contributed by atoms with Gasteiger partial charge in [-0.15, -0.1) is 0 Å². The molecule has 0 radical (unpaired) electrons. The van der Waals surface area contributed by atoms with Crippen LogP contribution in [0.5, 0.6) is 23.0 Å². The van der Waals surface area contributed by atoms with Crippen molar-refractivity contribution in [2.24, 2.45) is 0 Å². The minimum absolute atomic E-state index is 0.0192. The largest absolute Gasteiger partial charge is 0.507 e. The fourth-order valence-electron chi connectivity index (χ4n) is 3.46. The van der Waals surface area contributed by atoms with Gasteiger partial charge < -0.3 is 49.6 Å². The molecule has 3 aromatic rings. The van der Waals surface area contributed by atoms with Gasteiger partial charge in [0.05, 0.1) is 12.2 Å². The minimum Gasteiger partial charge on any atom is -0.507 e. The standard InChI is InChI=1S/C21H20O11/c22-6-15-18(27)19(28)20(29)21(32-15)31-9-4-13(25)16-14(5-9)30-7-10(17(16)26)8-1-2-11(23)12(24)3-8/h1-5,7,15,18-25,27-29H,6H2/t15-,18+,19-,20+,21-/m0/s1. The molecule has 0 bridgehead atoms. The summed E-state index contributed by atoms with van der Waals surface area (Å²) < 4.78 is 16.2. The van der Waals surface area contributed by atoms with Crippen LogP contribution in [0.2, 0.25) is 0 Å². The summed E-state index contributed by atoms with van der Waals surface area (Å²) >= 11 is 0. The first-order valence-corrected chi connectivity index (χ1v) is 9.49. The lowest BCUT2D eigenvalue weighted by atomic mass is 9.99. The van der Waals surface area contributed by atoms with Crippen molar-refractivity contribution in [3.05, 3.63) is 46.8 Å². The van der Waals surface area contributed by atoms with Crippen LogP contribution in [0.4, 0.5) is 0 Å². The Balaban J connectivity index is 1.69. The molecule has 1 aliphatic heterocycles. The van der Waals surface area contributed by atoms with Gasteiger partial charge in [-0.25, -0.2) is 0 Å². The number of rotatable bonds is 4. The van der Waals surface area contributed by atoms with Crippen molar-refractivity contribution in [2.45, 2.75) is 30.7 Å². The molecule has 0 saturated carbocycles. The highest BCUT2D eigenvalue weighted by atomic mass is 16.7. The molecule has 1 aliphatic rings. The molecule has 1 saturated heterocycles. The van der Waals surface area contributed by atoms with E-state index < -0.39 is 54.2 Å². The topological polar surface area (TPSA) is 190 Å². The Morgan fingerprint density at radius 3 is 2.34 bits per heavy atom. The minimum atomic E-state index is -1.66. The normalized spacial score (nSPS) is 25.7. The summed E-state index contributed by atoms with van der Waals surface area (Å²) in [5.74, 6) is -1.40. The summed E-state index contributed by atoms with van der Waals surface area (Å²) in [6, 6.07) is 6.07. The number of ether oxygens (including phenoxy) is 2. The summed E-state index contributed by atoms with van der Waals surface area (Å²) in [7, 11) is 0. The first-order chi connectivity index (χ1) is 15.2. The number of hydrogen-bond donors (Lipinski definition) is 7. The second kappa shape index (κ2) is 8.30. The van der Waals surface area contributed by atoms with Crippen LogP contribution in [0.15, 0.2) is 45.8 Å². The lowest BCUT2D eigenvalue weighted by molar-refractivity contribution is -0.277. The zero-order valence-corrected chi connectivity index (χ0v) is 16.3. The predicted molar refractivity (Wildman–Crippen MR) is 107 cm³/mol. The average molecular weight is 448 g/mol. The Morgan fingerprint density at radius 2 is 1.66 bits per heavy atom. The molecule has 2 aromatic carbocycles. The fourth-order valence-corrected chi connectivity index (χ4v) is 3.46. The SMILES string of the molecule is O=c1c(-c2ccc(O)c(O)c2)coc2cc(O[C@H]3O[C@@H](CO)[C@@H](O)[C@H](O)[C@H]3O)cc(O)c12. The highest BCUT2D eigenvalue weighted by Crippen LogP contribution is 2.34. The highest BCUT2D eigenvalue weighted by Gasteiger charge is 2.44. The van der Waals surface area contributed by atoms with Gasteiger partial charge in [-0.1, -0.05) is 6.07 Å². The summed E-state index contributed by atoms with van der Waals surface area (Å²) in [6.45, 7) is -0.641. The van der Waals surface area contributed by atoms with Crippen molar-refractivity contribution in [3.8, 4) is 34.1 Å². The van der Waals surface area contributed by atoms with Crippen LogP contribution in [-0.2, 0) is 4.74 Å². The molecule has 0 unspecified atom stereocenters. The maximum Gasteiger partial charge on any atom is 0.229 e. The summed E-state index contributed by atoms with van der Waals surface area (Å²) in [4.78, 5) is 12.9. The Morgan fingerprint density at radius 1 is 0.906 bits per heavy atom. The van der Waals surface area contributed by atoms with E-state index >= 15 is 0 Å². The lowest BCUT2D eigenvalue weighted by Gasteiger charge is -2.39. The number of benzene rings is 2. The smallest absolute Gasteiger partial charge is 0.229 e. The first-order valence-electron chi connectivity index (χ1n) is 9.49. The van der Waals surface area contributed by atoms with E-state index in [-0.39, 0.29) is 33.6 Å². The van der Waals surface area contributed by atoms with Crippen LogP contribution in [0.3, 0.4) is 0 Å². The van der Waals surface area contributed by atoms with Gasteiger partial charge in [0.15, 0.2) is 11.5 Å². The van der Waals surface area contributed by atoms with E-state index in [2.05, 4.69) is 0 Å². The molecule has 2 heterocycles. The molecule has 0 spiro atoms. The lowest BCUT2D eigenvalue weighted by Crippen LogP contribution is -2.60. The van der Waals surface area contributed by atoms with Crippen molar-refractivity contribution in [1.29, 1.82) is 0 Å². The molecule has 7 N–H and O–H groups in total. The van der Waals surface area contributed by atoms with Crippen molar-refractivity contribution >= 4 is 11.0 Å². The molecule has 170 valence electrons. The molecule has 32 heavy (non-hydrogen) atoms. The van der Waals surface area contributed by atoms with Gasteiger partial charge in [0.25, 0.3) is 0 Å². The van der Waals surface area contributed by atoms with Crippen LogP contribution in [0, 0.1) is 0 Å². The maximum absolute atomic E-state index is 12.9. The van der Waals surface area contributed by atoms with Crippen LogP contribution in [0.1, 0.15) is 0 Å². The third kappa shape index (κ3) is 3.72. The van der Waals surface area contributed by atoms with E-state index in [1.165, 1.54) is 24.3 Å². The zero-order valence-electron chi connectivity index (χ0n) is 16.3. The summed E-state index contributed by atoms with van der Waals surface area (Å²) in [5, 5.41) is 68.4. The molecule has 5 atom stereocenters. The monoisotopic (exact) mass is 448 g/mol. The van der Waals surface area contributed by atoms with Gasteiger partial charge in [0.1, 0.15) is 53.1 Å². The van der Waals surface area contributed by atoms with Gasteiger partial charge in [-0.3, -0.25) is 4.79 Å². The van der Waals surface area contributed by atoms with Crippen LogP contribution < -0.4 is 10.2 Å². The first kappa shape index (κ1) is 21.9. The fraction of sp³-hybridized carbons (Fsp3) is 0.286. The molecule has 4 rings (SSSR count). The van der Waals surface area contributed by atoms with Gasteiger partial charge in [-0.2, -0.15) is 0 Å². The van der Waals surface area contributed by atoms with E-state index in [4.69, 9.17) is 13.9 Å². The molecular weight excluding hydrogens is 428 g/mol. The number of aliphatic hydroxyl groups excluding tert-OH is 4. The molecule has 11 nitrogen and oxygen atoms in total. The Labute approximate surface area is 179 Å². The van der Waals surface area contributed by atoms with Crippen molar-refractivity contribution in [1.82, 2.24) is 0 Å². The second-order valence-electron chi connectivity index (χ2n) is 7.31. The second-order valence-corrected chi connectivity index (χ2v) is 7.31. The number of fused-ring (bicyclic) bond motifs is 1. The van der Waals surface area contributed by atoms with Crippen molar-refractivity contribution < 1.29 is 49.6 Å². The van der Waals surface area contributed by atoms with Gasteiger partial charge in [-0.05, 0) is 17.7 Å². The predicted octanol–water partition coefficient (Wildman–Crippen LogP) is -0.245. The van der Waals surface area contributed by atoms with Crippen molar-refractivity contribution in [2.75, 3.05) is 6.61 Å². The molecule has 1 fully saturated rings. The van der Waals surface area contributed by atoms with Crippen LogP contribution in [0.25, 0.3) is 22.1 Å². The number of aromatic hydroxyl groups is 3. The summed E-state index contributed by atoms with van der Waals surface area (Å²) in [5.41, 5.74) is -0.419. The third-order valence-electron chi connectivity index (χ3n) is 5.22. The Bertz CT molecular complexity index is 1200. The van der Waals surface area contributed by atoms with Crippen LogP contribution >= 0.6 is 0 Å². The van der Waals surface area contributed by atoms with Gasteiger partial charge >= 0.3 is 0 Å². The molecule has 0 amide bonds. The van der Waals surface area contributed by atoms with Gasteiger partial charge in [0.2, 0.25) is 11.7 Å². The van der Waals surface area contributed by atoms with E-state index in [1.54, 1.807) is 0 Å². The molecule has 0 aliphatic carbocycles. The molecule has 11 heteroatoms. The molecular formula is C21H20O11. The average Bonchev–Trinajstić information content (AvgIpc) is 2.76. The van der Waals surface area contributed by atoms with E-state index in [0.29, 0.717) is 0 Å². The van der Waals surface area contributed by atoms with Crippen molar-refractivity contribution in [3.63, 3.8) is 0 Å². The van der Waals surface area contributed by atoms with Crippen LogP contribution in [-0.4, -0.2) is 73.1 Å². The van der Waals surface area contributed by atoms with Gasteiger partial charge in [0, 0.05) is 12.1 Å². The van der Waals surface area contributed by atoms with E-state index in [1.807, 2.05) is 0 Å². The Hall–Kier alpha value is -3.35. The number of phenolic OH excluding ortho intramolecular Hbond substituents is 3. The number of hydrogen-bond acceptors (Lipinski definition) is 11. The Kier molecular flexibility index (Phi) is 5.67. The third-order valence-corrected chi connectivity index (χ3v) is 5.22.